The van der Waals surface area contributed by atoms with Crippen molar-refractivity contribution in [2.24, 2.45) is 0 Å². The van der Waals surface area contributed by atoms with Crippen LogP contribution in [0.1, 0.15) is 11.8 Å². The lowest BCUT2D eigenvalue weighted by Crippen LogP contribution is -2.19. The number of aliphatic hydroxyl groups is 2. The van der Waals surface area contributed by atoms with Crippen molar-refractivity contribution in [3.8, 4) is 0 Å². The number of nitrogens with one attached hydrogen (secondary N) is 1. The number of thiol groups is 1. The Balaban J connectivity index is 2.62. The molecule has 0 saturated carbocycles. The maximum absolute atomic E-state index is 9.31. The van der Waals surface area contributed by atoms with Crippen LogP contribution in [0.25, 0.3) is 0 Å². The summed E-state index contributed by atoms with van der Waals surface area (Å²) in [5.41, 5.74) is 0.506. The van der Waals surface area contributed by atoms with E-state index in [4.69, 9.17) is 5.11 Å². The highest BCUT2D eigenvalue weighted by atomic mass is 32.1. The minimum atomic E-state index is -0.921. The van der Waals surface area contributed by atoms with Gasteiger partial charge in [0.1, 0.15) is 6.10 Å². The largest absolute Gasteiger partial charge is 0.389 e. The molecule has 2 atom stereocenters. The zero-order valence-electron chi connectivity index (χ0n) is 5.81. The van der Waals surface area contributed by atoms with Crippen LogP contribution in [0, 0.1) is 0 Å². The fraction of sp³-hybridized carbons (Fsp3) is 0.500. The second kappa shape index (κ2) is 3.75. The van der Waals surface area contributed by atoms with Crippen molar-refractivity contribution in [3.05, 3.63) is 18.2 Å². The number of H-pyrrole nitrogens is 1. The van der Waals surface area contributed by atoms with Crippen LogP contribution in [0.5, 0.6) is 0 Å². The van der Waals surface area contributed by atoms with Gasteiger partial charge < -0.3 is 15.2 Å². The molecule has 1 aromatic rings. The van der Waals surface area contributed by atoms with Crippen LogP contribution in [-0.4, -0.2) is 32.0 Å². The summed E-state index contributed by atoms with van der Waals surface area (Å²) in [5.74, 6) is 0.222. The third-order valence-electron chi connectivity index (χ3n) is 1.39. The van der Waals surface area contributed by atoms with E-state index < -0.39 is 12.2 Å². The average Bonchev–Trinajstić information content (AvgIpc) is 2.53. The predicted octanol–water partition coefficient (Wildman–Crippen LogP) is -0.266. The zero-order valence-corrected chi connectivity index (χ0v) is 6.70. The first-order valence-corrected chi connectivity index (χ1v) is 3.84. The molecule has 11 heavy (non-hydrogen) atoms. The van der Waals surface area contributed by atoms with Gasteiger partial charge >= 0.3 is 0 Å². The average molecular weight is 174 g/mol. The summed E-state index contributed by atoms with van der Waals surface area (Å²) in [4.78, 5) is 6.41. The number of nitrogens with zero attached hydrogens (tertiary/aromatic N) is 1. The van der Waals surface area contributed by atoms with Gasteiger partial charge in [-0.05, 0) is 0 Å². The molecule has 0 radical (unpaired) electrons. The minimum Gasteiger partial charge on any atom is -0.389 e. The molecule has 0 aliphatic carbocycles. The van der Waals surface area contributed by atoms with Crippen LogP contribution in [0.4, 0.5) is 0 Å². The highest BCUT2D eigenvalue weighted by molar-refractivity contribution is 7.80. The van der Waals surface area contributed by atoms with Gasteiger partial charge in [-0.25, -0.2) is 4.98 Å². The minimum absolute atomic E-state index is 0.222. The monoisotopic (exact) mass is 174 g/mol. The summed E-state index contributed by atoms with van der Waals surface area (Å²) < 4.78 is 0. The third kappa shape index (κ3) is 1.95. The number of hydrogen-bond acceptors (Lipinski definition) is 4. The first-order valence-electron chi connectivity index (χ1n) is 3.21. The SMILES string of the molecule is OC(CS)C(O)c1cnc[nH]1. The molecule has 0 spiro atoms. The second-order valence-electron chi connectivity index (χ2n) is 2.20. The quantitative estimate of drug-likeness (QED) is 0.477. The van der Waals surface area contributed by atoms with Gasteiger partial charge in [0.25, 0.3) is 0 Å². The summed E-state index contributed by atoms with van der Waals surface area (Å²) in [5, 5.41) is 18.4. The molecule has 0 amide bonds. The van der Waals surface area contributed by atoms with Crippen molar-refractivity contribution >= 4 is 12.6 Å². The summed E-state index contributed by atoms with van der Waals surface area (Å²) in [6, 6.07) is 0. The van der Waals surface area contributed by atoms with E-state index in [1.807, 2.05) is 0 Å². The van der Waals surface area contributed by atoms with E-state index in [0.717, 1.165) is 0 Å². The molecule has 3 N–H and O–H groups in total. The highest BCUT2D eigenvalue weighted by Crippen LogP contribution is 2.13. The topological polar surface area (TPSA) is 69.1 Å². The number of rotatable bonds is 3. The smallest absolute Gasteiger partial charge is 0.122 e. The number of aliphatic hydroxyl groups excluding tert-OH is 2. The molecule has 5 heteroatoms. The van der Waals surface area contributed by atoms with Crippen molar-refractivity contribution in [1.82, 2.24) is 9.97 Å². The van der Waals surface area contributed by atoms with E-state index in [9.17, 15) is 5.11 Å². The molecule has 2 unspecified atom stereocenters. The van der Waals surface area contributed by atoms with Gasteiger partial charge in [0.15, 0.2) is 0 Å². The first-order chi connectivity index (χ1) is 5.25. The Hall–Kier alpha value is -0.520. The van der Waals surface area contributed by atoms with Gasteiger partial charge in [0.05, 0.1) is 24.3 Å². The lowest BCUT2D eigenvalue weighted by Gasteiger charge is -2.12. The Morgan fingerprint density at radius 3 is 2.82 bits per heavy atom. The summed E-state index contributed by atoms with van der Waals surface area (Å²) in [7, 11) is 0. The third-order valence-corrected chi connectivity index (χ3v) is 1.76. The molecule has 1 heterocycles. The highest BCUT2D eigenvalue weighted by Gasteiger charge is 2.17. The Kier molecular flexibility index (Phi) is 2.92. The lowest BCUT2D eigenvalue weighted by atomic mass is 10.2. The number of imidazole rings is 1. The van der Waals surface area contributed by atoms with Crippen LogP contribution in [0.3, 0.4) is 0 Å². The van der Waals surface area contributed by atoms with Gasteiger partial charge in [0.2, 0.25) is 0 Å². The lowest BCUT2D eigenvalue weighted by molar-refractivity contribution is 0.0313. The Bertz CT molecular complexity index is 202. The molecular weight excluding hydrogens is 164 g/mol. The van der Waals surface area contributed by atoms with Gasteiger partial charge in [-0.15, -0.1) is 0 Å². The maximum Gasteiger partial charge on any atom is 0.122 e. The Labute approximate surface area is 69.7 Å². The number of aromatic nitrogens is 2. The number of aromatic amines is 1. The van der Waals surface area contributed by atoms with Crippen molar-refractivity contribution in [3.63, 3.8) is 0 Å². The van der Waals surface area contributed by atoms with E-state index in [0.29, 0.717) is 5.69 Å². The number of hydrogen-bond donors (Lipinski definition) is 4. The zero-order chi connectivity index (χ0) is 8.27. The van der Waals surface area contributed by atoms with Crippen molar-refractivity contribution in [2.75, 3.05) is 5.75 Å². The first kappa shape index (κ1) is 8.58. The molecule has 0 bridgehead atoms. The molecule has 1 aromatic heterocycles. The van der Waals surface area contributed by atoms with Crippen molar-refractivity contribution in [2.45, 2.75) is 12.2 Å². The van der Waals surface area contributed by atoms with E-state index >= 15 is 0 Å². The standard InChI is InChI=1S/C6H10N2O2S/c9-5(2-11)6(10)4-1-7-3-8-4/h1,3,5-6,9-11H,2H2,(H,7,8). The molecule has 4 nitrogen and oxygen atoms in total. The molecule has 0 saturated heterocycles. The van der Waals surface area contributed by atoms with Crippen LogP contribution in [-0.2, 0) is 0 Å². The van der Waals surface area contributed by atoms with E-state index in [2.05, 4.69) is 22.6 Å². The van der Waals surface area contributed by atoms with E-state index in [1.165, 1.54) is 12.5 Å². The summed E-state index contributed by atoms with van der Waals surface area (Å²) in [6.45, 7) is 0. The van der Waals surface area contributed by atoms with Crippen molar-refractivity contribution in [1.29, 1.82) is 0 Å². The molecular formula is C6H10N2O2S. The molecule has 0 aliphatic rings. The molecule has 0 aromatic carbocycles. The van der Waals surface area contributed by atoms with Gasteiger partial charge in [0, 0.05) is 5.75 Å². The van der Waals surface area contributed by atoms with Crippen LogP contribution >= 0.6 is 12.6 Å². The van der Waals surface area contributed by atoms with Gasteiger partial charge in [-0.2, -0.15) is 12.6 Å². The fourth-order valence-electron chi connectivity index (χ4n) is 0.735. The summed E-state index contributed by atoms with van der Waals surface area (Å²) in [6.07, 6.45) is 1.15. The predicted molar refractivity (Wildman–Crippen MR) is 43.4 cm³/mol. The van der Waals surface area contributed by atoms with Gasteiger partial charge in [-0.3, -0.25) is 0 Å². The second-order valence-corrected chi connectivity index (χ2v) is 2.57. The summed E-state index contributed by atoms with van der Waals surface area (Å²) >= 11 is 3.84. The van der Waals surface area contributed by atoms with Crippen LogP contribution in [0.2, 0.25) is 0 Å². The molecule has 0 fully saturated rings. The van der Waals surface area contributed by atoms with E-state index in [1.54, 1.807) is 0 Å². The Morgan fingerprint density at radius 2 is 2.36 bits per heavy atom. The maximum atomic E-state index is 9.31. The van der Waals surface area contributed by atoms with Gasteiger partial charge in [-0.1, -0.05) is 0 Å². The van der Waals surface area contributed by atoms with Crippen molar-refractivity contribution < 1.29 is 10.2 Å². The normalized spacial score (nSPS) is 16.3. The molecule has 62 valence electrons. The van der Waals surface area contributed by atoms with Crippen LogP contribution < -0.4 is 0 Å². The van der Waals surface area contributed by atoms with E-state index in [-0.39, 0.29) is 5.75 Å². The molecule has 1 rings (SSSR count). The van der Waals surface area contributed by atoms with Crippen LogP contribution in [0.15, 0.2) is 12.5 Å². The fourth-order valence-corrected chi connectivity index (χ4v) is 0.935. The molecule has 0 aliphatic heterocycles. The Morgan fingerprint density at radius 1 is 1.64 bits per heavy atom.